The molecule has 0 radical (unpaired) electrons. The molecule has 2 amide bonds. The molecular formula is C22H26N4O3. The van der Waals surface area contributed by atoms with Gasteiger partial charge in [0.2, 0.25) is 11.8 Å². The van der Waals surface area contributed by atoms with Crippen LogP contribution in [0.2, 0.25) is 0 Å². The number of hydrogen-bond donors (Lipinski definition) is 0. The van der Waals surface area contributed by atoms with E-state index < -0.39 is 0 Å². The number of aromatic nitrogens is 2. The summed E-state index contributed by atoms with van der Waals surface area (Å²) in [6, 6.07) is 7.62. The minimum atomic E-state index is 0.0848. The van der Waals surface area contributed by atoms with Crippen molar-refractivity contribution < 1.29 is 14.3 Å². The molecule has 1 aromatic carbocycles. The maximum atomic E-state index is 12.7. The van der Waals surface area contributed by atoms with Crippen molar-refractivity contribution in [1.29, 1.82) is 0 Å². The quantitative estimate of drug-likeness (QED) is 0.792. The molecule has 1 aromatic heterocycles. The second-order valence-electron chi connectivity index (χ2n) is 7.74. The number of likely N-dealkylation sites (tertiary alicyclic amines) is 1. The highest BCUT2D eigenvalue weighted by molar-refractivity contribution is 5.79. The van der Waals surface area contributed by atoms with Crippen LogP contribution in [0.4, 0.5) is 0 Å². The van der Waals surface area contributed by atoms with E-state index in [1.54, 1.807) is 14.0 Å². The number of carbonyl (C=O) groups excluding carboxylic acids is 2. The molecule has 1 saturated heterocycles. The van der Waals surface area contributed by atoms with E-state index in [1.807, 2.05) is 40.3 Å². The molecule has 0 bridgehead atoms. The van der Waals surface area contributed by atoms with Crippen LogP contribution in [-0.4, -0.2) is 58.3 Å². The molecular weight excluding hydrogens is 368 g/mol. The molecule has 152 valence electrons. The molecule has 2 aromatic rings. The summed E-state index contributed by atoms with van der Waals surface area (Å²) in [6.07, 6.45) is 3.89. The maximum Gasteiger partial charge on any atom is 0.227 e. The summed E-state index contributed by atoms with van der Waals surface area (Å²) in [5, 5.41) is 0. The Morgan fingerprint density at radius 3 is 2.69 bits per heavy atom. The van der Waals surface area contributed by atoms with Crippen LogP contribution in [0, 0.1) is 0 Å². The number of rotatable bonds is 4. The first-order valence-corrected chi connectivity index (χ1v) is 10.0. The van der Waals surface area contributed by atoms with E-state index in [9.17, 15) is 9.59 Å². The van der Waals surface area contributed by atoms with Crippen molar-refractivity contribution in [3.8, 4) is 5.75 Å². The van der Waals surface area contributed by atoms with Crippen molar-refractivity contribution in [1.82, 2.24) is 19.8 Å². The van der Waals surface area contributed by atoms with Crippen LogP contribution in [0.15, 0.2) is 30.5 Å². The monoisotopic (exact) mass is 394 g/mol. The number of hydrogen-bond acceptors (Lipinski definition) is 5. The zero-order valence-electron chi connectivity index (χ0n) is 16.9. The number of methoxy groups -OCH3 is 1. The Balaban J connectivity index is 1.38. The fourth-order valence-corrected chi connectivity index (χ4v) is 4.02. The van der Waals surface area contributed by atoms with Crippen LogP contribution in [0.25, 0.3) is 0 Å². The van der Waals surface area contributed by atoms with Gasteiger partial charge in [-0.05, 0) is 24.1 Å². The first-order valence-electron chi connectivity index (χ1n) is 10.0. The number of fused-ring (bicyclic) bond motifs is 1. The van der Waals surface area contributed by atoms with E-state index in [-0.39, 0.29) is 17.7 Å². The van der Waals surface area contributed by atoms with Crippen molar-refractivity contribution in [3.05, 3.63) is 53.1 Å². The minimum Gasteiger partial charge on any atom is -0.497 e. The highest BCUT2D eigenvalue weighted by Gasteiger charge is 2.30. The number of nitrogens with zero attached hydrogens (tertiary/aromatic N) is 4. The molecule has 7 nitrogen and oxygen atoms in total. The lowest BCUT2D eigenvalue weighted by Gasteiger charge is -2.27. The van der Waals surface area contributed by atoms with Crippen LogP contribution < -0.4 is 4.74 Å². The summed E-state index contributed by atoms with van der Waals surface area (Å²) >= 11 is 0. The number of benzene rings is 1. The van der Waals surface area contributed by atoms with E-state index in [1.165, 1.54) is 0 Å². The molecule has 0 saturated carbocycles. The van der Waals surface area contributed by atoms with E-state index in [0.717, 1.165) is 47.8 Å². The molecule has 4 rings (SSSR count). The van der Waals surface area contributed by atoms with Crippen LogP contribution in [-0.2, 0) is 29.0 Å². The summed E-state index contributed by atoms with van der Waals surface area (Å²) in [7, 11) is 1.63. The number of amides is 2. The Labute approximate surface area is 170 Å². The standard InChI is InChI=1S/C22H26N4O3/c1-15(27)25-10-8-20-18(14-25)12-23-22(24-20)17-7-9-26(13-17)21(28)11-16-3-5-19(29-2)6-4-16/h3-6,12,17H,7-11,13-14H2,1-2H3. The van der Waals surface area contributed by atoms with Gasteiger partial charge in [-0.1, -0.05) is 12.1 Å². The lowest BCUT2D eigenvalue weighted by molar-refractivity contribution is -0.130. The zero-order chi connectivity index (χ0) is 20.4. The SMILES string of the molecule is COc1ccc(CC(=O)N2CCC(c3ncc4c(n3)CCN(C(C)=O)C4)C2)cc1. The summed E-state index contributed by atoms with van der Waals surface area (Å²) in [4.78, 5) is 37.4. The summed E-state index contributed by atoms with van der Waals surface area (Å²) < 4.78 is 5.17. The highest BCUT2D eigenvalue weighted by atomic mass is 16.5. The van der Waals surface area contributed by atoms with E-state index in [2.05, 4.69) is 4.98 Å². The second-order valence-corrected chi connectivity index (χ2v) is 7.74. The van der Waals surface area contributed by atoms with E-state index >= 15 is 0 Å². The fraction of sp³-hybridized carbons (Fsp3) is 0.455. The van der Waals surface area contributed by atoms with Gasteiger partial charge in [0.05, 0.1) is 19.2 Å². The Morgan fingerprint density at radius 1 is 1.17 bits per heavy atom. The Morgan fingerprint density at radius 2 is 1.97 bits per heavy atom. The first kappa shape index (κ1) is 19.4. The molecule has 7 heteroatoms. The summed E-state index contributed by atoms with van der Waals surface area (Å²) in [6.45, 7) is 4.28. The highest BCUT2D eigenvalue weighted by Crippen LogP contribution is 2.27. The lowest BCUT2D eigenvalue weighted by Crippen LogP contribution is -2.35. The van der Waals surface area contributed by atoms with Gasteiger partial charge in [-0.15, -0.1) is 0 Å². The summed E-state index contributed by atoms with van der Waals surface area (Å²) in [5.41, 5.74) is 3.05. The molecule has 0 aliphatic carbocycles. The van der Waals surface area contributed by atoms with Crippen LogP contribution in [0.5, 0.6) is 5.75 Å². The second kappa shape index (κ2) is 8.19. The minimum absolute atomic E-state index is 0.0848. The number of carbonyl (C=O) groups is 2. The van der Waals surface area contributed by atoms with Gasteiger partial charge in [0.25, 0.3) is 0 Å². The van der Waals surface area contributed by atoms with Crippen molar-refractivity contribution in [2.24, 2.45) is 0 Å². The molecule has 1 unspecified atom stereocenters. The fourth-order valence-electron chi connectivity index (χ4n) is 4.02. The molecule has 0 N–H and O–H groups in total. The molecule has 3 heterocycles. The molecule has 2 aliphatic heterocycles. The van der Waals surface area contributed by atoms with Gasteiger partial charge in [-0.25, -0.2) is 9.97 Å². The first-order chi connectivity index (χ1) is 14.0. The molecule has 2 aliphatic rings. The van der Waals surface area contributed by atoms with Crippen LogP contribution >= 0.6 is 0 Å². The van der Waals surface area contributed by atoms with E-state index in [0.29, 0.717) is 26.1 Å². The third-order valence-electron chi connectivity index (χ3n) is 5.82. The molecule has 29 heavy (non-hydrogen) atoms. The van der Waals surface area contributed by atoms with Gasteiger partial charge < -0.3 is 14.5 Å². The predicted octanol–water partition coefficient (Wildman–Crippen LogP) is 1.95. The third kappa shape index (κ3) is 4.23. The van der Waals surface area contributed by atoms with Crippen molar-refractivity contribution in [2.45, 2.75) is 38.6 Å². The van der Waals surface area contributed by atoms with Crippen molar-refractivity contribution in [3.63, 3.8) is 0 Å². The van der Waals surface area contributed by atoms with Gasteiger partial charge in [0.1, 0.15) is 11.6 Å². The smallest absolute Gasteiger partial charge is 0.227 e. The molecule has 1 atom stereocenters. The van der Waals surface area contributed by atoms with Gasteiger partial charge in [-0.2, -0.15) is 0 Å². The Bertz CT molecular complexity index is 913. The average molecular weight is 394 g/mol. The third-order valence-corrected chi connectivity index (χ3v) is 5.82. The van der Waals surface area contributed by atoms with Gasteiger partial charge >= 0.3 is 0 Å². The molecule has 1 fully saturated rings. The lowest BCUT2D eigenvalue weighted by atomic mass is 10.0. The normalized spacial score (nSPS) is 18.5. The maximum absolute atomic E-state index is 12.7. The van der Waals surface area contributed by atoms with Crippen LogP contribution in [0.3, 0.4) is 0 Å². The van der Waals surface area contributed by atoms with Gasteiger partial charge in [-0.3, -0.25) is 9.59 Å². The average Bonchev–Trinajstić information content (AvgIpc) is 3.24. The topological polar surface area (TPSA) is 75.6 Å². The van der Waals surface area contributed by atoms with Crippen molar-refractivity contribution in [2.75, 3.05) is 26.7 Å². The Kier molecular flexibility index (Phi) is 5.47. The predicted molar refractivity (Wildman–Crippen MR) is 107 cm³/mol. The summed E-state index contributed by atoms with van der Waals surface area (Å²) in [5.74, 6) is 2.00. The molecule has 0 spiro atoms. The number of ether oxygens (including phenoxy) is 1. The van der Waals surface area contributed by atoms with E-state index in [4.69, 9.17) is 9.72 Å². The van der Waals surface area contributed by atoms with Crippen LogP contribution in [0.1, 0.15) is 41.9 Å². The van der Waals surface area contributed by atoms with Gasteiger partial charge in [0.15, 0.2) is 0 Å². The Hall–Kier alpha value is -2.96. The van der Waals surface area contributed by atoms with Crippen molar-refractivity contribution >= 4 is 11.8 Å². The van der Waals surface area contributed by atoms with Gasteiger partial charge in [0, 0.05) is 57.2 Å². The largest absolute Gasteiger partial charge is 0.497 e. The zero-order valence-corrected chi connectivity index (χ0v) is 16.9.